The van der Waals surface area contributed by atoms with Gasteiger partial charge < -0.3 is 10.6 Å². The lowest BCUT2D eigenvalue weighted by Gasteiger charge is -2.11. The normalized spacial score (nSPS) is 11.6. The van der Waals surface area contributed by atoms with Crippen molar-refractivity contribution in [1.29, 1.82) is 0 Å². The van der Waals surface area contributed by atoms with E-state index in [1.807, 2.05) is 6.20 Å². The summed E-state index contributed by atoms with van der Waals surface area (Å²) in [4.78, 5) is 10.3. The van der Waals surface area contributed by atoms with Gasteiger partial charge in [-0.1, -0.05) is 23.8 Å². The fourth-order valence-electron chi connectivity index (χ4n) is 2.33. The zero-order valence-corrected chi connectivity index (χ0v) is 15.3. The van der Waals surface area contributed by atoms with Crippen molar-refractivity contribution in [3.05, 3.63) is 51.0 Å². The van der Waals surface area contributed by atoms with E-state index in [0.717, 1.165) is 25.5 Å². The molecule has 1 heterocycles. The maximum Gasteiger partial charge on any atom is 0.191 e. The van der Waals surface area contributed by atoms with Crippen LogP contribution in [-0.2, 0) is 13.0 Å². The number of benzene rings is 1. The maximum atomic E-state index is 4.69. The Bertz CT molecular complexity index is 661. The van der Waals surface area contributed by atoms with Crippen LogP contribution in [0.4, 0.5) is 0 Å². The first-order valence-corrected chi connectivity index (χ1v) is 8.89. The Balaban J connectivity index is 1.91. The van der Waals surface area contributed by atoms with Crippen molar-refractivity contribution in [2.75, 3.05) is 13.1 Å². The summed E-state index contributed by atoms with van der Waals surface area (Å²) in [7, 11) is 0. The van der Waals surface area contributed by atoms with Gasteiger partial charge in [0.15, 0.2) is 5.96 Å². The van der Waals surface area contributed by atoms with Crippen LogP contribution in [0.2, 0.25) is 0 Å². The molecule has 0 aliphatic carbocycles. The van der Waals surface area contributed by atoms with Crippen LogP contribution in [0.1, 0.15) is 33.5 Å². The number of nitrogens with zero attached hydrogens (tertiary/aromatic N) is 2. The second-order valence-corrected chi connectivity index (χ2v) is 6.99. The number of nitrogens with one attached hydrogen (secondary N) is 2. The van der Waals surface area contributed by atoms with Crippen molar-refractivity contribution in [3.8, 4) is 0 Å². The Kier molecular flexibility index (Phi) is 6.59. The summed E-state index contributed by atoms with van der Waals surface area (Å²) >= 11 is 1.75. The Labute approximate surface area is 143 Å². The molecule has 0 radical (unpaired) electrons. The Morgan fingerprint density at radius 3 is 2.70 bits per heavy atom. The molecule has 4 nitrogen and oxygen atoms in total. The number of aryl methyl sites for hydroxylation is 3. The summed E-state index contributed by atoms with van der Waals surface area (Å²) in [6.07, 6.45) is 2.85. The highest BCUT2D eigenvalue weighted by molar-refractivity contribution is 7.11. The molecule has 0 aliphatic heterocycles. The van der Waals surface area contributed by atoms with Crippen molar-refractivity contribution in [1.82, 2.24) is 15.6 Å². The van der Waals surface area contributed by atoms with E-state index >= 15 is 0 Å². The summed E-state index contributed by atoms with van der Waals surface area (Å²) in [6, 6.07) is 6.51. The van der Waals surface area contributed by atoms with Gasteiger partial charge in [-0.05, 0) is 38.8 Å². The predicted molar refractivity (Wildman–Crippen MR) is 99.3 cm³/mol. The van der Waals surface area contributed by atoms with Crippen LogP contribution in [0.25, 0.3) is 0 Å². The van der Waals surface area contributed by atoms with E-state index in [2.05, 4.69) is 66.5 Å². The van der Waals surface area contributed by atoms with Crippen LogP contribution >= 0.6 is 11.3 Å². The van der Waals surface area contributed by atoms with Gasteiger partial charge in [0.25, 0.3) is 0 Å². The standard InChI is InChI=1S/C18H26N4S/c1-5-19-18(20-9-8-17-21-11-15(4)23-17)22-12-16-7-6-13(2)10-14(16)3/h6-7,10-11H,5,8-9,12H2,1-4H3,(H2,19,20,22). The fraction of sp³-hybridized carbons (Fsp3) is 0.444. The highest BCUT2D eigenvalue weighted by Gasteiger charge is 2.02. The molecule has 0 saturated heterocycles. The van der Waals surface area contributed by atoms with Gasteiger partial charge in [0.05, 0.1) is 11.6 Å². The first-order valence-electron chi connectivity index (χ1n) is 8.08. The average molecular weight is 331 g/mol. The van der Waals surface area contributed by atoms with Gasteiger partial charge in [-0.25, -0.2) is 9.98 Å². The molecule has 1 aromatic carbocycles. The Hall–Kier alpha value is -1.88. The summed E-state index contributed by atoms with van der Waals surface area (Å²) in [5.41, 5.74) is 3.85. The van der Waals surface area contributed by atoms with Crippen LogP contribution in [-0.4, -0.2) is 24.0 Å². The lowest BCUT2D eigenvalue weighted by Crippen LogP contribution is -2.38. The summed E-state index contributed by atoms with van der Waals surface area (Å²) in [6.45, 7) is 10.8. The minimum atomic E-state index is 0.692. The van der Waals surface area contributed by atoms with Crippen LogP contribution in [0.15, 0.2) is 29.4 Å². The molecule has 5 heteroatoms. The van der Waals surface area contributed by atoms with Gasteiger partial charge in [-0.2, -0.15) is 0 Å². The molecule has 0 saturated carbocycles. The quantitative estimate of drug-likeness (QED) is 0.631. The van der Waals surface area contributed by atoms with Gasteiger partial charge in [-0.3, -0.25) is 0 Å². The van der Waals surface area contributed by atoms with E-state index in [-0.39, 0.29) is 0 Å². The van der Waals surface area contributed by atoms with Crippen LogP contribution in [0.3, 0.4) is 0 Å². The second-order valence-electron chi connectivity index (χ2n) is 5.67. The molecule has 0 unspecified atom stereocenters. The minimum absolute atomic E-state index is 0.692. The van der Waals surface area contributed by atoms with Crippen molar-refractivity contribution in [2.24, 2.45) is 4.99 Å². The third-order valence-corrected chi connectivity index (χ3v) is 4.52. The Morgan fingerprint density at radius 1 is 1.22 bits per heavy atom. The van der Waals surface area contributed by atoms with E-state index in [1.165, 1.54) is 26.6 Å². The number of hydrogen-bond donors (Lipinski definition) is 2. The van der Waals surface area contributed by atoms with Gasteiger partial charge in [0, 0.05) is 30.6 Å². The third-order valence-electron chi connectivity index (χ3n) is 3.55. The molecule has 0 bridgehead atoms. The van der Waals surface area contributed by atoms with Crippen molar-refractivity contribution < 1.29 is 0 Å². The van der Waals surface area contributed by atoms with E-state index in [1.54, 1.807) is 11.3 Å². The maximum absolute atomic E-state index is 4.69. The Morgan fingerprint density at radius 2 is 2.04 bits per heavy atom. The van der Waals surface area contributed by atoms with Crippen molar-refractivity contribution in [3.63, 3.8) is 0 Å². The highest BCUT2D eigenvalue weighted by atomic mass is 32.1. The van der Waals surface area contributed by atoms with E-state index < -0.39 is 0 Å². The molecule has 23 heavy (non-hydrogen) atoms. The molecule has 0 aliphatic rings. The molecule has 0 spiro atoms. The molecule has 1 aromatic heterocycles. The molecule has 124 valence electrons. The molecule has 0 fully saturated rings. The smallest absolute Gasteiger partial charge is 0.191 e. The monoisotopic (exact) mass is 330 g/mol. The van der Waals surface area contributed by atoms with Gasteiger partial charge >= 0.3 is 0 Å². The van der Waals surface area contributed by atoms with E-state index in [9.17, 15) is 0 Å². The predicted octanol–water partition coefficient (Wildman–Crippen LogP) is 3.37. The van der Waals surface area contributed by atoms with Gasteiger partial charge in [-0.15, -0.1) is 11.3 Å². The van der Waals surface area contributed by atoms with Gasteiger partial charge in [0.2, 0.25) is 0 Å². The molecular formula is C18H26N4S. The molecule has 2 N–H and O–H groups in total. The van der Waals surface area contributed by atoms with E-state index in [0.29, 0.717) is 6.54 Å². The molecule has 0 atom stereocenters. The number of guanidine groups is 1. The second kappa shape index (κ2) is 8.67. The van der Waals surface area contributed by atoms with E-state index in [4.69, 9.17) is 0 Å². The lowest BCUT2D eigenvalue weighted by atomic mass is 10.1. The first kappa shape index (κ1) is 17.5. The first-order chi connectivity index (χ1) is 11.1. The number of aliphatic imine (C=N–C) groups is 1. The fourth-order valence-corrected chi connectivity index (χ4v) is 3.12. The van der Waals surface area contributed by atoms with Crippen molar-refractivity contribution in [2.45, 2.75) is 40.7 Å². The summed E-state index contributed by atoms with van der Waals surface area (Å²) in [5.74, 6) is 0.862. The van der Waals surface area contributed by atoms with Gasteiger partial charge in [0.1, 0.15) is 0 Å². The number of rotatable bonds is 6. The van der Waals surface area contributed by atoms with Crippen LogP contribution in [0.5, 0.6) is 0 Å². The average Bonchev–Trinajstić information content (AvgIpc) is 2.91. The highest BCUT2D eigenvalue weighted by Crippen LogP contribution is 2.12. The van der Waals surface area contributed by atoms with Crippen molar-refractivity contribution >= 4 is 17.3 Å². The zero-order chi connectivity index (χ0) is 16.7. The molecule has 0 amide bonds. The van der Waals surface area contributed by atoms with Crippen LogP contribution < -0.4 is 10.6 Å². The third kappa shape index (κ3) is 5.67. The number of hydrogen-bond acceptors (Lipinski definition) is 3. The number of thiazole rings is 1. The summed E-state index contributed by atoms with van der Waals surface area (Å²) < 4.78 is 0. The molecule has 2 rings (SSSR count). The number of aromatic nitrogens is 1. The van der Waals surface area contributed by atoms with Crippen LogP contribution in [0, 0.1) is 20.8 Å². The SMILES string of the molecule is CCNC(=NCc1ccc(C)cc1C)NCCc1ncc(C)s1. The minimum Gasteiger partial charge on any atom is -0.357 e. The summed E-state index contributed by atoms with van der Waals surface area (Å²) in [5, 5.41) is 7.85. The molecule has 2 aromatic rings. The molecular weight excluding hydrogens is 304 g/mol. The largest absolute Gasteiger partial charge is 0.357 e. The topological polar surface area (TPSA) is 49.3 Å². The lowest BCUT2D eigenvalue weighted by molar-refractivity contribution is 0.796. The zero-order valence-electron chi connectivity index (χ0n) is 14.4.